The van der Waals surface area contributed by atoms with Crippen LogP contribution in [0.4, 0.5) is 0 Å². The monoisotopic (exact) mass is 344 g/mol. The van der Waals surface area contributed by atoms with Gasteiger partial charge < -0.3 is 4.74 Å². The number of nitrogens with zero attached hydrogens (tertiary/aromatic N) is 1. The van der Waals surface area contributed by atoms with Crippen LogP contribution in [0.25, 0.3) is 10.2 Å². The molecule has 2 aromatic rings. The van der Waals surface area contributed by atoms with Crippen molar-refractivity contribution in [2.45, 2.75) is 43.5 Å². The summed E-state index contributed by atoms with van der Waals surface area (Å²) in [5, 5.41) is 1.34. The van der Waals surface area contributed by atoms with Crippen LogP contribution in [0.2, 0.25) is 0 Å². The zero-order valence-electron chi connectivity index (χ0n) is 13.9. The first-order valence-corrected chi connectivity index (χ1v) is 10.4. The van der Waals surface area contributed by atoms with Gasteiger partial charge in [0.1, 0.15) is 11.3 Å². The van der Waals surface area contributed by atoms with Crippen molar-refractivity contribution < 1.29 is 9.30 Å². The van der Waals surface area contributed by atoms with Crippen molar-refractivity contribution in [3.8, 4) is 0 Å². The molecule has 0 aliphatic rings. The first-order valence-electron chi connectivity index (χ1n) is 7.16. The van der Waals surface area contributed by atoms with Crippen LogP contribution < -0.4 is 4.57 Å². The summed E-state index contributed by atoms with van der Waals surface area (Å²) in [6, 6.07) is 4.62. The molecule has 0 fully saturated rings. The van der Waals surface area contributed by atoms with Crippen molar-refractivity contribution >= 4 is 45.1 Å². The highest BCUT2D eigenvalue weighted by molar-refractivity contribution is 8.01. The van der Waals surface area contributed by atoms with E-state index in [0.717, 1.165) is 13.2 Å². The van der Waals surface area contributed by atoms with E-state index in [2.05, 4.69) is 50.0 Å². The Morgan fingerprint density at radius 1 is 1.14 bits per heavy atom. The molecule has 118 valence electrons. The second kappa shape index (κ2) is 9.72. The number of rotatable bonds is 5. The third-order valence-corrected chi connectivity index (χ3v) is 5.66. The van der Waals surface area contributed by atoms with Gasteiger partial charge in [-0.25, -0.2) is 0 Å². The minimum Gasteiger partial charge on any atom is -0.378 e. The van der Waals surface area contributed by atoms with Crippen LogP contribution in [0.1, 0.15) is 25.3 Å². The van der Waals surface area contributed by atoms with Gasteiger partial charge in [-0.2, -0.15) is 4.57 Å². The summed E-state index contributed by atoms with van der Waals surface area (Å²) in [5.41, 5.74) is 1.33. The Balaban J connectivity index is 0.000000677. The molecule has 0 saturated heterocycles. The molecule has 2 nitrogen and oxygen atoms in total. The van der Waals surface area contributed by atoms with E-state index in [9.17, 15) is 0 Å². The first kappa shape index (κ1) is 18.8. The molecule has 0 spiro atoms. The van der Waals surface area contributed by atoms with Gasteiger partial charge in [-0.05, 0) is 18.6 Å². The maximum absolute atomic E-state index is 5.20. The SMILES string of the molecule is CCC.COCC[n+]1c(C)sc2cc(SC)c(SC)cc21. The Bertz CT molecular complexity index is 566. The van der Waals surface area contributed by atoms with Crippen LogP contribution in [0.5, 0.6) is 0 Å². The fourth-order valence-corrected chi connectivity index (χ4v) is 4.62. The summed E-state index contributed by atoms with van der Waals surface area (Å²) in [6.45, 7) is 8.11. The van der Waals surface area contributed by atoms with Gasteiger partial charge in [-0.1, -0.05) is 31.6 Å². The third kappa shape index (κ3) is 4.88. The lowest BCUT2D eigenvalue weighted by molar-refractivity contribution is -0.674. The highest BCUT2D eigenvalue weighted by Gasteiger charge is 2.19. The molecule has 5 heteroatoms. The van der Waals surface area contributed by atoms with Crippen molar-refractivity contribution in [3.63, 3.8) is 0 Å². The zero-order valence-corrected chi connectivity index (χ0v) is 16.3. The molecule has 0 atom stereocenters. The third-order valence-electron chi connectivity index (χ3n) is 2.91. The van der Waals surface area contributed by atoms with Gasteiger partial charge in [-0.15, -0.1) is 23.5 Å². The van der Waals surface area contributed by atoms with Crippen LogP contribution in [0.3, 0.4) is 0 Å². The standard InChI is InChI=1S/C13H18NOS3.C3H8/c1-9-14(5-6-15-2)10-7-12(16-3)13(17-4)8-11(10)18-9;1-3-2/h7-8H,5-6H2,1-4H3;3H2,1-2H3/q+1;. The van der Waals surface area contributed by atoms with E-state index < -0.39 is 0 Å². The Kier molecular flexibility index (Phi) is 8.71. The second-order valence-corrected chi connectivity index (χ2v) is 7.58. The molecular formula is C16H26NOS3+. The van der Waals surface area contributed by atoms with E-state index in [1.807, 2.05) is 34.9 Å². The van der Waals surface area contributed by atoms with E-state index in [4.69, 9.17) is 4.74 Å². The second-order valence-electron chi connectivity index (χ2n) is 4.65. The van der Waals surface area contributed by atoms with Crippen molar-refractivity contribution in [2.24, 2.45) is 0 Å². The highest BCUT2D eigenvalue weighted by atomic mass is 32.2. The number of thioether (sulfide) groups is 2. The fraction of sp³-hybridized carbons (Fsp3) is 0.562. The number of ether oxygens (including phenoxy) is 1. The molecule has 0 aliphatic carbocycles. The number of hydrogen-bond acceptors (Lipinski definition) is 4. The predicted molar refractivity (Wildman–Crippen MR) is 98.2 cm³/mol. The molecule has 1 aromatic heterocycles. The van der Waals surface area contributed by atoms with Gasteiger partial charge in [0.05, 0.1) is 0 Å². The van der Waals surface area contributed by atoms with Crippen LogP contribution in [-0.2, 0) is 11.3 Å². The van der Waals surface area contributed by atoms with Crippen LogP contribution in [-0.4, -0.2) is 26.2 Å². The zero-order chi connectivity index (χ0) is 15.8. The Morgan fingerprint density at radius 3 is 2.24 bits per heavy atom. The summed E-state index contributed by atoms with van der Waals surface area (Å²) in [7, 11) is 1.75. The summed E-state index contributed by atoms with van der Waals surface area (Å²) in [4.78, 5) is 2.73. The average Bonchev–Trinajstić information content (AvgIpc) is 2.78. The molecule has 2 rings (SSSR count). The highest BCUT2D eigenvalue weighted by Crippen LogP contribution is 2.33. The number of fused-ring (bicyclic) bond motifs is 1. The molecule has 0 radical (unpaired) electrons. The largest absolute Gasteiger partial charge is 0.378 e. The minimum atomic E-state index is 0.760. The number of hydrogen-bond donors (Lipinski definition) is 0. The topological polar surface area (TPSA) is 13.1 Å². The molecular weight excluding hydrogens is 318 g/mol. The molecule has 0 aliphatic heterocycles. The van der Waals surface area contributed by atoms with Gasteiger partial charge >= 0.3 is 0 Å². The number of benzene rings is 1. The lowest BCUT2D eigenvalue weighted by Crippen LogP contribution is -2.37. The summed E-state index contributed by atoms with van der Waals surface area (Å²) < 4.78 is 8.92. The minimum absolute atomic E-state index is 0.760. The van der Waals surface area contributed by atoms with Crippen molar-refractivity contribution in [3.05, 3.63) is 17.1 Å². The Morgan fingerprint density at radius 2 is 1.71 bits per heavy atom. The fourth-order valence-electron chi connectivity index (χ4n) is 1.99. The molecule has 0 N–H and O–H groups in total. The molecule has 1 aromatic carbocycles. The van der Waals surface area contributed by atoms with E-state index in [1.165, 1.54) is 31.4 Å². The molecule has 0 saturated carbocycles. The van der Waals surface area contributed by atoms with Gasteiger partial charge in [0.2, 0.25) is 10.5 Å². The molecule has 1 heterocycles. The van der Waals surface area contributed by atoms with E-state index in [1.54, 1.807) is 7.11 Å². The van der Waals surface area contributed by atoms with Gasteiger partial charge in [0, 0.05) is 29.9 Å². The van der Waals surface area contributed by atoms with Crippen LogP contribution >= 0.6 is 34.9 Å². The number of thiazole rings is 1. The molecule has 0 unspecified atom stereocenters. The van der Waals surface area contributed by atoms with E-state index in [-0.39, 0.29) is 0 Å². The van der Waals surface area contributed by atoms with Crippen LogP contribution in [0, 0.1) is 6.92 Å². The maximum Gasteiger partial charge on any atom is 0.235 e. The van der Waals surface area contributed by atoms with Crippen molar-refractivity contribution in [1.82, 2.24) is 0 Å². The molecule has 0 amide bonds. The number of aromatic nitrogens is 1. The van der Waals surface area contributed by atoms with Crippen molar-refractivity contribution in [2.75, 3.05) is 26.2 Å². The quantitative estimate of drug-likeness (QED) is 0.559. The van der Waals surface area contributed by atoms with E-state index >= 15 is 0 Å². The predicted octanol–water partition coefficient (Wildman–Crippen LogP) is 5.00. The Labute approximate surface area is 141 Å². The lowest BCUT2D eigenvalue weighted by Gasteiger charge is -2.03. The van der Waals surface area contributed by atoms with Gasteiger partial charge in [0.15, 0.2) is 6.54 Å². The van der Waals surface area contributed by atoms with Crippen LogP contribution in [0.15, 0.2) is 21.9 Å². The normalized spacial score (nSPS) is 10.6. The average molecular weight is 345 g/mol. The summed E-state index contributed by atoms with van der Waals surface area (Å²) in [5.74, 6) is 0. The molecule has 0 bridgehead atoms. The Hall–Kier alpha value is -0.230. The maximum atomic E-state index is 5.20. The smallest absolute Gasteiger partial charge is 0.235 e. The van der Waals surface area contributed by atoms with Gasteiger partial charge in [0.25, 0.3) is 0 Å². The van der Waals surface area contributed by atoms with Gasteiger partial charge in [-0.3, -0.25) is 0 Å². The van der Waals surface area contributed by atoms with E-state index in [0.29, 0.717) is 0 Å². The lowest BCUT2D eigenvalue weighted by atomic mass is 10.3. The summed E-state index contributed by atoms with van der Waals surface area (Å²) in [6.07, 6.45) is 5.53. The molecule has 21 heavy (non-hydrogen) atoms. The first-order chi connectivity index (χ1) is 10.1. The van der Waals surface area contributed by atoms with Crippen molar-refractivity contribution in [1.29, 1.82) is 0 Å². The number of aryl methyl sites for hydroxylation is 1. The number of methoxy groups -OCH3 is 1. The summed E-state index contributed by atoms with van der Waals surface area (Å²) >= 11 is 5.50.